The van der Waals surface area contributed by atoms with Crippen LogP contribution < -0.4 is 0 Å². The van der Waals surface area contributed by atoms with Gasteiger partial charge in [-0.2, -0.15) is 0 Å². The van der Waals surface area contributed by atoms with E-state index in [0.717, 1.165) is 6.92 Å². The van der Waals surface area contributed by atoms with Gasteiger partial charge in [-0.05, 0) is 13.0 Å². The minimum absolute atomic E-state index is 0.527. The van der Waals surface area contributed by atoms with Crippen LogP contribution in [0.2, 0.25) is 5.02 Å². The molecule has 0 aliphatic rings. The predicted molar refractivity (Wildman–Crippen MR) is 43.0 cm³/mol. The van der Waals surface area contributed by atoms with Gasteiger partial charge in [0.25, 0.3) is 0 Å². The summed E-state index contributed by atoms with van der Waals surface area (Å²) >= 11 is 5.26. The molecule has 0 atom stereocenters. The molecule has 0 saturated heterocycles. The zero-order valence-corrected chi connectivity index (χ0v) is 7.32. The number of benzene rings is 1. The number of Topliss-reactive ketones (excluding diaryl/α,β-unsaturated/α-hetero) is 1. The fraction of sp³-hybridized carbons (Fsp3) is 0.125. The quantitative estimate of drug-likeness (QED) is 0.566. The highest BCUT2D eigenvalue weighted by Crippen LogP contribution is 2.29. The van der Waals surface area contributed by atoms with Crippen molar-refractivity contribution in [1.29, 1.82) is 0 Å². The molecule has 1 N–H and O–H groups in total. The lowest BCUT2D eigenvalue weighted by Gasteiger charge is -2.04. The van der Waals surface area contributed by atoms with Crippen LogP contribution in [0.1, 0.15) is 17.3 Å². The molecule has 2 nitrogen and oxygen atoms in total. The largest absolute Gasteiger partial charge is 0.504 e. The Hall–Kier alpha value is -1.16. The van der Waals surface area contributed by atoms with Gasteiger partial charge in [0.2, 0.25) is 0 Å². The molecule has 70 valence electrons. The monoisotopic (exact) mass is 206 g/mol. The Bertz CT molecular complexity index is 351. The molecule has 0 aliphatic carbocycles. The van der Waals surface area contributed by atoms with Gasteiger partial charge in [-0.15, -0.1) is 0 Å². The van der Waals surface area contributed by atoms with E-state index in [4.69, 9.17) is 16.7 Å². The molecule has 0 amide bonds. The summed E-state index contributed by atoms with van der Waals surface area (Å²) < 4.78 is 25.7. The number of aromatic hydroxyl groups is 1. The number of carbonyl (C=O) groups is 1. The lowest BCUT2D eigenvalue weighted by molar-refractivity contribution is 0.101. The van der Waals surface area contributed by atoms with Crippen molar-refractivity contribution in [2.45, 2.75) is 6.92 Å². The maximum absolute atomic E-state index is 13.0. The number of carbonyl (C=O) groups excluding carboxylic acids is 1. The third-order valence-corrected chi connectivity index (χ3v) is 1.77. The fourth-order valence-corrected chi connectivity index (χ4v) is 1.10. The van der Waals surface area contributed by atoms with Crippen molar-refractivity contribution in [3.8, 4) is 5.75 Å². The Morgan fingerprint density at radius 1 is 1.54 bits per heavy atom. The van der Waals surface area contributed by atoms with Gasteiger partial charge in [-0.3, -0.25) is 4.79 Å². The molecule has 1 rings (SSSR count). The minimum Gasteiger partial charge on any atom is -0.504 e. The SMILES string of the molecule is CC(=O)c1c(O)c(F)cc(Cl)c1F. The molecule has 0 heterocycles. The highest BCUT2D eigenvalue weighted by Gasteiger charge is 2.20. The fourth-order valence-electron chi connectivity index (χ4n) is 0.907. The van der Waals surface area contributed by atoms with E-state index in [1.165, 1.54) is 0 Å². The lowest BCUT2D eigenvalue weighted by atomic mass is 10.1. The van der Waals surface area contributed by atoms with Crippen LogP contribution >= 0.6 is 11.6 Å². The molecule has 0 fully saturated rings. The molecule has 0 aromatic heterocycles. The molecule has 1 aromatic carbocycles. The molecule has 0 unspecified atom stereocenters. The van der Waals surface area contributed by atoms with Gasteiger partial charge in [0, 0.05) is 0 Å². The van der Waals surface area contributed by atoms with E-state index in [2.05, 4.69) is 0 Å². The maximum Gasteiger partial charge on any atom is 0.167 e. The molecule has 13 heavy (non-hydrogen) atoms. The van der Waals surface area contributed by atoms with E-state index in [0.29, 0.717) is 6.07 Å². The Labute approximate surface area is 77.8 Å². The number of hydrogen-bond donors (Lipinski definition) is 1. The van der Waals surface area contributed by atoms with Gasteiger partial charge < -0.3 is 5.11 Å². The van der Waals surface area contributed by atoms with E-state index < -0.39 is 33.8 Å². The minimum atomic E-state index is -1.11. The Morgan fingerprint density at radius 2 is 2.08 bits per heavy atom. The summed E-state index contributed by atoms with van der Waals surface area (Å²) in [6.45, 7) is 1.01. The molecule has 0 spiro atoms. The van der Waals surface area contributed by atoms with Crippen LogP contribution in [0, 0.1) is 11.6 Å². The molecule has 0 aliphatic heterocycles. The molecule has 0 saturated carbocycles. The summed E-state index contributed by atoms with van der Waals surface area (Å²) in [5.74, 6) is -4.00. The maximum atomic E-state index is 13.0. The van der Waals surface area contributed by atoms with Gasteiger partial charge in [0.15, 0.2) is 23.2 Å². The summed E-state index contributed by atoms with van der Waals surface area (Å²) in [7, 11) is 0. The van der Waals surface area contributed by atoms with Crippen LogP contribution in [-0.2, 0) is 0 Å². The van der Waals surface area contributed by atoms with E-state index in [-0.39, 0.29) is 0 Å². The Balaban J connectivity index is 3.56. The first-order valence-electron chi connectivity index (χ1n) is 3.32. The second kappa shape index (κ2) is 3.30. The van der Waals surface area contributed by atoms with Crippen LogP contribution in [0.5, 0.6) is 5.75 Å². The van der Waals surface area contributed by atoms with Gasteiger partial charge in [0.1, 0.15) is 0 Å². The second-order valence-electron chi connectivity index (χ2n) is 2.43. The molecular weight excluding hydrogens is 202 g/mol. The first-order valence-corrected chi connectivity index (χ1v) is 3.70. The first-order chi connectivity index (χ1) is 5.95. The van der Waals surface area contributed by atoms with Crippen molar-refractivity contribution in [2.24, 2.45) is 0 Å². The smallest absolute Gasteiger partial charge is 0.167 e. The van der Waals surface area contributed by atoms with E-state index in [9.17, 15) is 13.6 Å². The zero-order chi connectivity index (χ0) is 10.2. The predicted octanol–water partition coefficient (Wildman–Crippen LogP) is 2.53. The van der Waals surface area contributed by atoms with Crippen LogP contribution in [0.4, 0.5) is 8.78 Å². The third-order valence-electron chi connectivity index (χ3n) is 1.50. The Kier molecular flexibility index (Phi) is 2.52. The Morgan fingerprint density at radius 3 is 2.54 bits per heavy atom. The van der Waals surface area contributed by atoms with Crippen LogP contribution in [0.3, 0.4) is 0 Å². The van der Waals surface area contributed by atoms with Crippen molar-refractivity contribution in [3.63, 3.8) is 0 Å². The van der Waals surface area contributed by atoms with Gasteiger partial charge in [0.05, 0.1) is 10.6 Å². The highest BCUT2D eigenvalue weighted by molar-refractivity contribution is 6.31. The third kappa shape index (κ3) is 1.62. The summed E-state index contributed by atoms with van der Waals surface area (Å²) in [5, 5.41) is 8.45. The highest BCUT2D eigenvalue weighted by atomic mass is 35.5. The van der Waals surface area contributed by atoms with Crippen LogP contribution in [0.25, 0.3) is 0 Å². The molecule has 5 heteroatoms. The average molecular weight is 207 g/mol. The standard InChI is InChI=1S/C8H5ClF2O2/c1-3(12)6-7(11)4(9)2-5(10)8(6)13/h2,13H,1H3. The molecule has 0 bridgehead atoms. The molecule has 0 radical (unpaired) electrons. The summed E-state index contributed by atoms with van der Waals surface area (Å²) in [5.41, 5.74) is -0.718. The summed E-state index contributed by atoms with van der Waals surface area (Å²) in [4.78, 5) is 10.8. The van der Waals surface area contributed by atoms with E-state index >= 15 is 0 Å². The molecular formula is C8H5ClF2O2. The average Bonchev–Trinajstić information content (AvgIpc) is 2.01. The second-order valence-corrected chi connectivity index (χ2v) is 2.84. The van der Waals surface area contributed by atoms with E-state index in [1.54, 1.807) is 0 Å². The summed E-state index contributed by atoms with van der Waals surface area (Å²) in [6.07, 6.45) is 0. The van der Waals surface area contributed by atoms with Crippen molar-refractivity contribution < 1.29 is 18.7 Å². The normalized spacial score (nSPS) is 10.2. The lowest BCUT2D eigenvalue weighted by Crippen LogP contribution is -2.00. The number of ketones is 1. The van der Waals surface area contributed by atoms with Crippen molar-refractivity contribution in [3.05, 3.63) is 28.3 Å². The number of rotatable bonds is 1. The number of hydrogen-bond acceptors (Lipinski definition) is 2. The number of phenols is 1. The topological polar surface area (TPSA) is 37.3 Å². The van der Waals surface area contributed by atoms with Crippen molar-refractivity contribution in [2.75, 3.05) is 0 Å². The van der Waals surface area contributed by atoms with Crippen molar-refractivity contribution in [1.82, 2.24) is 0 Å². The zero-order valence-electron chi connectivity index (χ0n) is 6.57. The summed E-state index contributed by atoms with van der Waals surface area (Å²) in [6, 6.07) is 0.610. The molecule has 1 aromatic rings. The number of phenolic OH excluding ortho intramolecular Hbond substituents is 1. The van der Waals surface area contributed by atoms with Gasteiger partial charge in [-0.1, -0.05) is 11.6 Å². The van der Waals surface area contributed by atoms with Crippen LogP contribution in [0.15, 0.2) is 6.07 Å². The van der Waals surface area contributed by atoms with E-state index in [1.807, 2.05) is 0 Å². The van der Waals surface area contributed by atoms with Crippen LogP contribution in [-0.4, -0.2) is 10.9 Å². The van der Waals surface area contributed by atoms with Gasteiger partial charge >= 0.3 is 0 Å². The van der Waals surface area contributed by atoms with Gasteiger partial charge in [-0.25, -0.2) is 8.78 Å². The first kappa shape index (κ1) is 9.92. The van der Waals surface area contributed by atoms with Crippen molar-refractivity contribution >= 4 is 17.4 Å². The number of halogens is 3.